The molecule has 0 fully saturated rings. The highest BCUT2D eigenvalue weighted by molar-refractivity contribution is 5.92. The molecule has 0 spiro atoms. The van der Waals surface area contributed by atoms with Gasteiger partial charge in [0.25, 0.3) is 5.91 Å². The van der Waals surface area contributed by atoms with Gasteiger partial charge in [-0.25, -0.2) is 4.39 Å². The van der Waals surface area contributed by atoms with Crippen LogP contribution >= 0.6 is 0 Å². The molecule has 100 valence electrons. The molecule has 0 saturated heterocycles. The van der Waals surface area contributed by atoms with Crippen LogP contribution in [0.1, 0.15) is 28.9 Å². The highest BCUT2D eigenvalue weighted by Crippen LogP contribution is 2.14. The minimum atomic E-state index is -0.255. The topological polar surface area (TPSA) is 46.9 Å². The van der Waals surface area contributed by atoms with Gasteiger partial charge in [0.15, 0.2) is 0 Å². The summed E-state index contributed by atoms with van der Waals surface area (Å²) in [5, 5.41) is 6.79. The SMILES string of the molecule is CC(CNC(=O)c1ccnn1C)c1ccc(F)cc1. The van der Waals surface area contributed by atoms with E-state index in [1.165, 1.54) is 16.8 Å². The first kappa shape index (κ1) is 13.3. The summed E-state index contributed by atoms with van der Waals surface area (Å²) in [7, 11) is 1.72. The molecule has 0 radical (unpaired) electrons. The van der Waals surface area contributed by atoms with Crippen LogP contribution in [0.4, 0.5) is 4.39 Å². The van der Waals surface area contributed by atoms with Crippen molar-refractivity contribution in [2.45, 2.75) is 12.8 Å². The largest absolute Gasteiger partial charge is 0.350 e. The molecule has 0 aliphatic rings. The van der Waals surface area contributed by atoms with Crippen LogP contribution in [0.15, 0.2) is 36.5 Å². The van der Waals surface area contributed by atoms with Crippen molar-refractivity contribution < 1.29 is 9.18 Å². The maximum Gasteiger partial charge on any atom is 0.269 e. The van der Waals surface area contributed by atoms with Crippen LogP contribution in [0.25, 0.3) is 0 Å². The van der Waals surface area contributed by atoms with E-state index in [1.54, 1.807) is 31.4 Å². The minimum absolute atomic E-state index is 0.123. The molecule has 1 amide bonds. The predicted octanol–water partition coefficient (Wildman–Crippen LogP) is 2.09. The number of rotatable bonds is 4. The van der Waals surface area contributed by atoms with Crippen molar-refractivity contribution in [3.8, 4) is 0 Å². The second kappa shape index (κ2) is 5.65. The van der Waals surface area contributed by atoms with E-state index in [0.29, 0.717) is 12.2 Å². The molecule has 1 atom stereocenters. The number of halogens is 1. The third-order valence-corrected chi connectivity index (χ3v) is 3.06. The van der Waals surface area contributed by atoms with Gasteiger partial charge >= 0.3 is 0 Å². The zero-order chi connectivity index (χ0) is 13.8. The molecule has 1 unspecified atom stereocenters. The van der Waals surface area contributed by atoms with Gasteiger partial charge in [0, 0.05) is 19.8 Å². The zero-order valence-corrected chi connectivity index (χ0v) is 10.9. The molecule has 1 N–H and O–H groups in total. The van der Waals surface area contributed by atoms with Crippen molar-refractivity contribution in [3.63, 3.8) is 0 Å². The van der Waals surface area contributed by atoms with Crippen LogP contribution in [0.5, 0.6) is 0 Å². The van der Waals surface area contributed by atoms with E-state index >= 15 is 0 Å². The Hall–Kier alpha value is -2.17. The standard InChI is InChI=1S/C14H16FN3O/c1-10(11-3-5-12(15)6-4-11)9-16-14(19)13-7-8-17-18(13)2/h3-8,10H,9H2,1-2H3,(H,16,19). The Kier molecular flexibility index (Phi) is 3.94. The maximum atomic E-state index is 12.8. The lowest BCUT2D eigenvalue weighted by atomic mass is 10.0. The number of carbonyl (C=O) groups is 1. The fourth-order valence-corrected chi connectivity index (χ4v) is 1.84. The summed E-state index contributed by atoms with van der Waals surface area (Å²) >= 11 is 0. The molecule has 0 aliphatic heterocycles. The van der Waals surface area contributed by atoms with Gasteiger partial charge in [-0.05, 0) is 29.7 Å². The van der Waals surface area contributed by atoms with E-state index in [9.17, 15) is 9.18 Å². The Labute approximate surface area is 111 Å². The lowest BCUT2D eigenvalue weighted by Gasteiger charge is -2.13. The lowest BCUT2D eigenvalue weighted by molar-refractivity contribution is 0.0942. The third kappa shape index (κ3) is 3.19. The minimum Gasteiger partial charge on any atom is -0.350 e. The second-order valence-electron chi connectivity index (χ2n) is 4.50. The molecule has 4 nitrogen and oxygen atoms in total. The quantitative estimate of drug-likeness (QED) is 0.916. The van der Waals surface area contributed by atoms with Crippen LogP contribution in [-0.2, 0) is 7.05 Å². The van der Waals surface area contributed by atoms with Gasteiger partial charge in [0.1, 0.15) is 11.5 Å². The van der Waals surface area contributed by atoms with Crippen molar-refractivity contribution in [2.24, 2.45) is 7.05 Å². The zero-order valence-electron chi connectivity index (χ0n) is 10.9. The number of amides is 1. The molecule has 2 aromatic rings. The van der Waals surface area contributed by atoms with Crippen LogP contribution in [0, 0.1) is 5.82 Å². The van der Waals surface area contributed by atoms with E-state index in [4.69, 9.17) is 0 Å². The fourth-order valence-electron chi connectivity index (χ4n) is 1.84. The van der Waals surface area contributed by atoms with Gasteiger partial charge in [0.2, 0.25) is 0 Å². The van der Waals surface area contributed by atoms with Crippen molar-refractivity contribution in [1.29, 1.82) is 0 Å². The van der Waals surface area contributed by atoms with Gasteiger partial charge in [-0.15, -0.1) is 0 Å². The number of nitrogens with zero attached hydrogens (tertiary/aromatic N) is 2. The highest BCUT2D eigenvalue weighted by Gasteiger charge is 2.12. The lowest BCUT2D eigenvalue weighted by Crippen LogP contribution is -2.29. The summed E-state index contributed by atoms with van der Waals surface area (Å²) in [6.07, 6.45) is 1.58. The van der Waals surface area contributed by atoms with Crippen molar-refractivity contribution in [1.82, 2.24) is 15.1 Å². The van der Waals surface area contributed by atoms with Crippen LogP contribution in [0.2, 0.25) is 0 Å². The Morgan fingerprint density at radius 2 is 2.05 bits per heavy atom. The van der Waals surface area contributed by atoms with E-state index in [1.807, 2.05) is 6.92 Å². The monoisotopic (exact) mass is 261 g/mol. The van der Waals surface area contributed by atoms with Crippen LogP contribution in [0.3, 0.4) is 0 Å². The number of nitrogens with one attached hydrogen (secondary N) is 1. The highest BCUT2D eigenvalue weighted by atomic mass is 19.1. The molecule has 1 aromatic carbocycles. The van der Waals surface area contributed by atoms with Gasteiger partial charge in [0.05, 0.1) is 0 Å². The number of aromatic nitrogens is 2. The number of benzene rings is 1. The first-order chi connectivity index (χ1) is 9.08. The Bertz CT molecular complexity index is 562. The summed E-state index contributed by atoms with van der Waals surface area (Å²) in [6, 6.07) is 7.98. The first-order valence-electron chi connectivity index (χ1n) is 6.09. The molecule has 1 heterocycles. The van der Waals surface area contributed by atoms with Crippen LogP contribution < -0.4 is 5.32 Å². The van der Waals surface area contributed by atoms with E-state index in [0.717, 1.165) is 5.56 Å². The van der Waals surface area contributed by atoms with Gasteiger partial charge in [-0.2, -0.15) is 5.10 Å². The molecule has 2 rings (SSSR count). The van der Waals surface area contributed by atoms with E-state index in [2.05, 4.69) is 10.4 Å². The summed E-state index contributed by atoms with van der Waals surface area (Å²) < 4.78 is 14.3. The number of hydrogen-bond donors (Lipinski definition) is 1. The number of carbonyl (C=O) groups excluding carboxylic acids is 1. The third-order valence-electron chi connectivity index (χ3n) is 3.06. The molecule has 1 aromatic heterocycles. The normalized spacial score (nSPS) is 12.2. The average molecular weight is 261 g/mol. The van der Waals surface area contributed by atoms with E-state index in [-0.39, 0.29) is 17.6 Å². The van der Waals surface area contributed by atoms with Crippen molar-refractivity contribution in [2.75, 3.05) is 6.54 Å². The summed E-state index contributed by atoms with van der Waals surface area (Å²) in [6.45, 7) is 2.48. The van der Waals surface area contributed by atoms with Crippen molar-refractivity contribution in [3.05, 3.63) is 53.6 Å². The summed E-state index contributed by atoms with van der Waals surface area (Å²) in [4.78, 5) is 11.9. The average Bonchev–Trinajstić information content (AvgIpc) is 2.83. The second-order valence-corrected chi connectivity index (χ2v) is 4.50. The Balaban J connectivity index is 1.94. The summed E-state index contributed by atoms with van der Waals surface area (Å²) in [5.41, 5.74) is 1.51. The number of aryl methyl sites for hydroxylation is 1. The maximum absolute atomic E-state index is 12.8. The number of hydrogen-bond acceptors (Lipinski definition) is 2. The van der Waals surface area contributed by atoms with Gasteiger partial charge in [-0.3, -0.25) is 9.48 Å². The first-order valence-corrected chi connectivity index (χ1v) is 6.09. The molecule has 0 aliphatic carbocycles. The molecular formula is C14H16FN3O. The van der Waals surface area contributed by atoms with Crippen LogP contribution in [-0.4, -0.2) is 22.2 Å². The predicted molar refractivity (Wildman–Crippen MR) is 70.4 cm³/mol. The molecule has 0 saturated carbocycles. The smallest absolute Gasteiger partial charge is 0.269 e. The van der Waals surface area contributed by atoms with E-state index < -0.39 is 0 Å². The van der Waals surface area contributed by atoms with Gasteiger partial charge < -0.3 is 5.32 Å². The summed E-state index contributed by atoms with van der Waals surface area (Å²) in [5.74, 6) is -0.290. The molecular weight excluding hydrogens is 245 g/mol. The molecule has 19 heavy (non-hydrogen) atoms. The molecule has 5 heteroatoms. The molecule has 0 bridgehead atoms. The Morgan fingerprint density at radius 3 is 2.63 bits per heavy atom. The Morgan fingerprint density at radius 1 is 1.37 bits per heavy atom. The van der Waals surface area contributed by atoms with Crippen molar-refractivity contribution >= 4 is 5.91 Å². The van der Waals surface area contributed by atoms with Gasteiger partial charge in [-0.1, -0.05) is 19.1 Å². The fraction of sp³-hybridized carbons (Fsp3) is 0.286.